The SMILES string of the molecule is CC/C=C\C/C=C\C/C=C\CCCCCCCC(=O)OCC(COC1OC(C(=O)O)C(O)C(O)C1OC(=O)CCCCCCCCCCCCCCC)OC(=O)CCCCC/C=C\C/C=C\C/C=C\CC. The lowest BCUT2D eigenvalue weighted by Crippen LogP contribution is -2.61. The average Bonchev–Trinajstić information content (AvgIpc) is 3.35. The Hall–Kier alpha value is -3.84. The number of unbranched alkanes of at least 4 members (excludes halogenated alkanes) is 20. The molecular weight excluding hydrogens is 901 g/mol. The monoisotopic (exact) mass is 999 g/mol. The molecule has 0 spiro atoms. The topological polar surface area (TPSA) is 175 Å². The third-order valence-electron chi connectivity index (χ3n) is 12.3. The minimum absolute atomic E-state index is 0.0559. The number of ether oxygens (including phenoxy) is 5. The Morgan fingerprint density at radius 1 is 0.479 bits per heavy atom. The maximum Gasteiger partial charge on any atom is 0.335 e. The van der Waals surface area contributed by atoms with Crippen LogP contribution < -0.4 is 0 Å². The zero-order valence-corrected chi connectivity index (χ0v) is 44.4. The number of aliphatic hydroxyl groups excluding tert-OH is 2. The first-order valence-corrected chi connectivity index (χ1v) is 27.9. The van der Waals surface area contributed by atoms with E-state index >= 15 is 0 Å². The van der Waals surface area contributed by atoms with E-state index in [9.17, 15) is 34.5 Å². The van der Waals surface area contributed by atoms with Gasteiger partial charge in [0.15, 0.2) is 24.6 Å². The second-order valence-corrected chi connectivity index (χ2v) is 18.8. The first-order valence-electron chi connectivity index (χ1n) is 27.9. The molecule has 0 amide bonds. The first-order chi connectivity index (χ1) is 34.6. The summed E-state index contributed by atoms with van der Waals surface area (Å²) in [5.41, 5.74) is 0. The van der Waals surface area contributed by atoms with E-state index in [4.69, 9.17) is 23.7 Å². The van der Waals surface area contributed by atoms with Gasteiger partial charge in [0.25, 0.3) is 0 Å². The fourth-order valence-corrected chi connectivity index (χ4v) is 8.04. The number of carboxylic acid groups (broad SMARTS) is 1. The molecule has 0 aromatic heterocycles. The quantitative estimate of drug-likeness (QED) is 0.0228. The van der Waals surface area contributed by atoms with Gasteiger partial charge in [0.1, 0.15) is 18.8 Å². The first kappa shape index (κ1) is 65.2. The zero-order chi connectivity index (χ0) is 51.8. The Morgan fingerprint density at radius 2 is 0.887 bits per heavy atom. The third kappa shape index (κ3) is 37.6. The number of carboxylic acids is 1. The summed E-state index contributed by atoms with van der Waals surface area (Å²) in [4.78, 5) is 51.0. The van der Waals surface area contributed by atoms with Crippen molar-refractivity contribution >= 4 is 23.9 Å². The van der Waals surface area contributed by atoms with E-state index in [0.29, 0.717) is 19.3 Å². The highest BCUT2D eigenvalue weighted by molar-refractivity contribution is 5.74. The van der Waals surface area contributed by atoms with E-state index in [2.05, 4.69) is 93.7 Å². The van der Waals surface area contributed by atoms with E-state index in [-0.39, 0.29) is 25.9 Å². The number of carbonyl (C=O) groups is 4. The van der Waals surface area contributed by atoms with Crippen molar-refractivity contribution in [3.8, 4) is 0 Å². The van der Waals surface area contributed by atoms with Gasteiger partial charge in [-0.2, -0.15) is 0 Å². The summed E-state index contributed by atoms with van der Waals surface area (Å²) in [6, 6.07) is 0. The van der Waals surface area contributed by atoms with Crippen LogP contribution in [-0.2, 0) is 42.9 Å². The van der Waals surface area contributed by atoms with E-state index in [1.807, 2.05) is 0 Å². The minimum Gasteiger partial charge on any atom is -0.479 e. The fourth-order valence-electron chi connectivity index (χ4n) is 8.04. The molecule has 0 aromatic carbocycles. The predicted molar refractivity (Wildman–Crippen MR) is 285 cm³/mol. The largest absolute Gasteiger partial charge is 0.479 e. The molecule has 12 heteroatoms. The highest BCUT2D eigenvalue weighted by Gasteiger charge is 2.50. The van der Waals surface area contributed by atoms with Crippen molar-refractivity contribution in [1.29, 1.82) is 0 Å². The van der Waals surface area contributed by atoms with Crippen LogP contribution in [0.1, 0.15) is 226 Å². The van der Waals surface area contributed by atoms with Crippen molar-refractivity contribution < 1.29 is 58.2 Å². The zero-order valence-electron chi connectivity index (χ0n) is 44.4. The summed E-state index contributed by atoms with van der Waals surface area (Å²) in [5, 5.41) is 31.4. The summed E-state index contributed by atoms with van der Waals surface area (Å²) >= 11 is 0. The maximum absolute atomic E-state index is 13.1. The Bertz CT molecular complexity index is 1510. The summed E-state index contributed by atoms with van der Waals surface area (Å²) in [6.07, 6.45) is 46.0. The van der Waals surface area contributed by atoms with E-state index in [0.717, 1.165) is 116 Å². The number of allylic oxidation sites excluding steroid dienone is 12. The predicted octanol–water partition coefficient (Wildman–Crippen LogP) is 13.8. The molecule has 3 N–H and O–H groups in total. The molecule has 0 saturated carbocycles. The Morgan fingerprint density at radius 3 is 1.37 bits per heavy atom. The molecule has 0 aliphatic carbocycles. The van der Waals surface area contributed by atoms with Crippen LogP contribution >= 0.6 is 0 Å². The number of hydrogen-bond acceptors (Lipinski definition) is 11. The molecule has 0 aromatic rings. The van der Waals surface area contributed by atoms with Crippen molar-refractivity contribution in [3.05, 3.63) is 72.9 Å². The molecule has 1 heterocycles. The molecule has 406 valence electrons. The Labute approximate surface area is 429 Å². The molecule has 0 radical (unpaired) electrons. The Balaban J connectivity index is 2.74. The normalized spacial score (nSPS) is 19.0. The summed E-state index contributed by atoms with van der Waals surface area (Å²) in [6.45, 7) is 5.71. The van der Waals surface area contributed by atoms with Gasteiger partial charge in [0.05, 0.1) is 6.61 Å². The highest BCUT2D eigenvalue weighted by atomic mass is 16.7. The smallest absolute Gasteiger partial charge is 0.335 e. The van der Waals surface area contributed by atoms with Gasteiger partial charge >= 0.3 is 23.9 Å². The van der Waals surface area contributed by atoms with E-state index in [1.165, 1.54) is 51.4 Å². The van der Waals surface area contributed by atoms with Crippen LogP contribution in [0, 0.1) is 0 Å². The lowest BCUT2D eigenvalue weighted by Gasteiger charge is -2.40. The van der Waals surface area contributed by atoms with Crippen molar-refractivity contribution in [2.75, 3.05) is 13.2 Å². The molecule has 1 aliphatic heterocycles. The second kappa shape index (κ2) is 47.2. The highest BCUT2D eigenvalue weighted by Crippen LogP contribution is 2.26. The van der Waals surface area contributed by atoms with Crippen LogP contribution in [0.2, 0.25) is 0 Å². The summed E-state index contributed by atoms with van der Waals surface area (Å²) in [5.74, 6) is -3.18. The number of aliphatic hydroxyl groups is 2. The number of rotatable bonds is 46. The molecular formula is C59H98O12. The molecule has 12 nitrogen and oxygen atoms in total. The molecule has 1 saturated heterocycles. The van der Waals surface area contributed by atoms with E-state index < -0.39 is 67.3 Å². The lowest BCUT2D eigenvalue weighted by atomic mass is 9.98. The molecule has 71 heavy (non-hydrogen) atoms. The van der Waals surface area contributed by atoms with Gasteiger partial charge in [-0.05, 0) is 83.5 Å². The van der Waals surface area contributed by atoms with Gasteiger partial charge in [-0.15, -0.1) is 0 Å². The standard InChI is InChI=1S/C59H98O12/c1-4-7-10-13-16-19-22-25-26-29-30-33-36-39-42-45-51(60)67-48-50(69-52(61)46-43-40-37-34-31-27-23-20-17-14-11-8-5-2)49-68-59-57(55(64)54(63)56(71-59)58(65)66)70-53(62)47-44-41-38-35-32-28-24-21-18-15-12-9-6-3/h7-8,10-11,16-17,19-20,25-27,31,50,54-57,59,63-64H,4-6,9,12-15,18,21-24,28-30,32-49H2,1-3H3,(H,65,66)/b10-7-,11-8-,19-16-,20-17-,26-25-,31-27-. The van der Waals surface area contributed by atoms with Gasteiger partial charge in [-0.1, -0.05) is 196 Å². The van der Waals surface area contributed by atoms with Gasteiger partial charge in [0.2, 0.25) is 0 Å². The lowest BCUT2D eigenvalue weighted by molar-refractivity contribution is -0.301. The molecule has 6 atom stereocenters. The van der Waals surface area contributed by atoms with Crippen LogP contribution in [0.5, 0.6) is 0 Å². The average molecular weight is 999 g/mol. The molecule has 1 fully saturated rings. The summed E-state index contributed by atoms with van der Waals surface area (Å²) in [7, 11) is 0. The molecule has 1 aliphatic rings. The second-order valence-electron chi connectivity index (χ2n) is 18.8. The van der Waals surface area contributed by atoms with Crippen molar-refractivity contribution in [2.24, 2.45) is 0 Å². The van der Waals surface area contributed by atoms with Crippen LogP contribution in [-0.4, -0.2) is 89.2 Å². The molecule has 1 rings (SSSR count). The van der Waals surface area contributed by atoms with Crippen molar-refractivity contribution in [2.45, 2.75) is 263 Å². The van der Waals surface area contributed by atoms with Crippen LogP contribution in [0.4, 0.5) is 0 Å². The van der Waals surface area contributed by atoms with Crippen LogP contribution in [0.25, 0.3) is 0 Å². The van der Waals surface area contributed by atoms with Gasteiger partial charge in [-0.3, -0.25) is 14.4 Å². The number of carbonyl (C=O) groups excluding carboxylic acids is 3. The number of esters is 3. The summed E-state index contributed by atoms with van der Waals surface area (Å²) < 4.78 is 28.3. The maximum atomic E-state index is 13.1. The van der Waals surface area contributed by atoms with Crippen LogP contribution in [0.15, 0.2) is 72.9 Å². The van der Waals surface area contributed by atoms with Gasteiger partial charge < -0.3 is 39.0 Å². The van der Waals surface area contributed by atoms with Gasteiger partial charge in [0, 0.05) is 19.3 Å². The minimum atomic E-state index is -1.91. The van der Waals surface area contributed by atoms with Crippen molar-refractivity contribution in [3.63, 3.8) is 0 Å². The fraction of sp³-hybridized carbons (Fsp3) is 0.729. The molecule has 0 bridgehead atoms. The van der Waals surface area contributed by atoms with E-state index in [1.54, 1.807) is 0 Å². The van der Waals surface area contributed by atoms with Crippen LogP contribution in [0.3, 0.4) is 0 Å². The molecule has 6 unspecified atom stereocenters. The Kier molecular flexibility index (Phi) is 43.3. The third-order valence-corrected chi connectivity index (χ3v) is 12.3. The van der Waals surface area contributed by atoms with Crippen molar-refractivity contribution in [1.82, 2.24) is 0 Å². The number of aliphatic carboxylic acids is 1. The van der Waals surface area contributed by atoms with Gasteiger partial charge in [-0.25, -0.2) is 4.79 Å². The number of hydrogen-bond donors (Lipinski definition) is 3.